The van der Waals surface area contributed by atoms with Crippen LogP contribution >= 0.6 is 0 Å². The Bertz CT molecular complexity index is 216. The van der Waals surface area contributed by atoms with Crippen molar-refractivity contribution in [1.82, 2.24) is 5.32 Å². The lowest BCUT2D eigenvalue weighted by atomic mass is 10.1. The van der Waals surface area contributed by atoms with E-state index in [1.54, 1.807) is 0 Å². The highest BCUT2D eigenvalue weighted by Crippen LogP contribution is 2.14. The summed E-state index contributed by atoms with van der Waals surface area (Å²) in [6.45, 7) is 0.413. The number of rotatable bonds is 2. The second-order valence-electron chi connectivity index (χ2n) is 2.46. The summed E-state index contributed by atoms with van der Waals surface area (Å²) in [5.74, 6) is -4.27. The van der Waals surface area contributed by atoms with Crippen molar-refractivity contribution in [1.29, 1.82) is 0 Å². The fourth-order valence-electron chi connectivity index (χ4n) is 0.924. The maximum atomic E-state index is 10.9. The summed E-state index contributed by atoms with van der Waals surface area (Å²) in [7, 11) is 0. The zero-order chi connectivity index (χ0) is 9.19. The highest BCUT2D eigenvalue weighted by Gasteiger charge is 2.41. The van der Waals surface area contributed by atoms with Gasteiger partial charge in [-0.2, -0.15) is 0 Å². The molecule has 0 saturated carbocycles. The first kappa shape index (κ1) is 8.95. The summed E-state index contributed by atoms with van der Waals surface area (Å²) in [6.07, 6.45) is -0.737. The highest BCUT2D eigenvalue weighted by atomic mass is 16.6. The van der Waals surface area contributed by atoms with Crippen molar-refractivity contribution in [2.45, 2.75) is 12.2 Å². The van der Waals surface area contributed by atoms with Crippen LogP contribution in [0, 0.1) is 0 Å². The smallest absolute Gasteiger partial charge is 0.309 e. The minimum absolute atomic E-state index is 0.121. The predicted molar refractivity (Wildman–Crippen MR) is 36.2 cm³/mol. The number of hydrogen-bond donors (Lipinski definition) is 3. The van der Waals surface area contributed by atoms with Crippen molar-refractivity contribution in [3.63, 3.8) is 0 Å². The Morgan fingerprint density at radius 3 is 2.92 bits per heavy atom. The van der Waals surface area contributed by atoms with Crippen LogP contribution in [0.4, 0.5) is 0 Å². The topological polar surface area (TPSA) is 95.9 Å². The van der Waals surface area contributed by atoms with Gasteiger partial charge in [-0.05, 0) is 0 Å². The van der Waals surface area contributed by atoms with Crippen LogP contribution in [0.5, 0.6) is 0 Å². The van der Waals surface area contributed by atoms with Gasteiger partial charge in [-0.15, -0.1) is 0 Å². The van der Waals surface area contributed by atoms with E-state index in [9.17, 15) is 14.7 Å². The van der Waals surface area contributed by atoms with E-state index in [2.05, 4.69) is 10.1 Å². The molecule has 1 aliphatic rings. The Morgan fingerprint density at radius 1 is 1.75 bits per heavy atom. The number of amides is 1. The lowest BCUT2D eigenvalue weighted by Crippen LogP contribution is -2.55. The van der Waals surface area contributed by atoms with Crippen molar-refractivity contribution in [3.05, 3.63) is 0 Å². The average Bonchev–Trinajstić information content (AvgIpc) is 1.94. The molecule has 1 atom stereocenters. The van der Waals surface area contributed by atoms with Crippen LogP contribution in [-0.4, -0.2) is 41.0 Å². The molecule has 1 aliphatic heterocycles. The second-order valence-corrected chi connectivity index (χ2v) is 2.46. The molecule has 0 aromatic carbocycles. The van der Waals surface area contributed by atoms with E-state index < -0.39 is 24.1 Å². The summed E-state index contributed by atoms with van der Waals surface area (Å²) < 4.78 is 4.65. The zero-order valence-electron chi connectivity index (χ0n) is 6.24. The summed E-state index contributed by atoms with van der Waals surface area (Å²) >= 11 is 0. The molecule has 1 amide bonds. The van der Waals surface area contributed by atoms with Crippen LogP contribution in [0.2, 0.25) is 0 Å². The molecule has 0 radical (unpaired) electrons. The molecule has 6 nitrogen and oxygen atoms in total. The molecule has 1 rings (SSSR count). The first-order valence-corrected chi connectivity index (χ1v) is 3.41. The number of aliphatic carboxylic acids is 1. The maximum Gasteiger partial charge on any atom is 0.309 e. The van der Waals surface area contributed by atoms with Crippen LogP contribution in [0.15, 0.2) is 0 Å². The molecule has 0 aromatic rings. The highest BCUT2D eigenvalue weighted by molar-refractivity contribution is 5.88. The van der Waals surface area contributed by atoms with Crippen molar-refractivity contribution < 1.29 is 24.5 Å². The molecule has 0 spiro atoms. The molecular formula is C6H9NO5. The summed E-state index contributed by atoms with van der Waals surface area (Å²) in [4.78, 5) is 21.1. The van der Waals surface area contributed by atoms with Gasteiger partial charge in [-0.25, -0.2) is 0 Å². The van der Waals surface area contributed by atoms with E-state index in [1.807, 2.05) is 0 Å². The number of morpholine rings is 1. The van der Waals surface area contributed by atoms with Gasteiger partial charge < -0.3 is 20.3 Å². The molecule has 68 valence electrons. The largest absolute Gasteiger partial charge is 0.481 e. The molecule has 0 aromatic heterocycles. The van der Waals surface area contributed by atoms with Crippen molar-refractivity contribution in [3.8, 4) is 0 Å². The first-order valence-electron chi connectivity index (χ1n) is 3.41. The van der Waals surface area contributed by atoms with E-state index in [-0.39, 0.29) is 6.61 Å². The first-order chi connectivity index (χ1) is 5.54. The van der Waals surface area contributed by atoms with E-state index in [4.69, 9.17) is 5.11 Å². The van der Waals surface area contributed by atoms with Gasteiger partial charge in [0.25, 0.3) is 11.7 Å². The molecule has 6 heteroatoms. The number of carboxylic acid groups (broad SMARTS) is 1. The molecule has 12 heavy (non-hydrogen) atoms. The molecule has 3 N–H and O–H groups in total. The SMILES string of the molecule is O=C(O)C[C@]1(O)OCCNC1=O. The lowest BCUT2D eigenvalue weighted by Gasteiger charge is -2.29. The fourth-order valence-corrected chi connectivity index (χ4v) is 0.924. The number of aliphatic hydroxyl groups is 1. The van der Waals surface area contributed by atoms with E-state index in [0.717, 1.165) is 0 Å². The van der Waals surface area contributed by atoms with Gasteiger partial charge in [0.2, 0.25) is 0 Å². The molecule has 1 fully saturated rings. The predicted octanol–water partition coefficient (Wildman–Crippen LogP) is -1.70. The Balaban J connectivity index is 2.66. The van der Waals surface area contributed by atoms with Gasteiger partial charge in [0.05, 0.1) is 6.61 Å². The summed E-state index contributed by atoms with van der Waals surface area (Å²) in [5, 5.41) is 19.9. The monoisotopic (exact) mass is 175 g/mol. The van der Waals surface area contributed by atoms with Crippen molar-refractivity contribution in [2.24, 2.45) is 0 Å². The quantitative estimate of drug-likeness (QED) is 0.464. The second kappa shape index (κ2) is 3.08. The summed E-state index contributed by atoms with van der Waals surface area (Å²) in [5.41, 5.74) is 0. The minimum atomic E-state index is -2.19. The molecule has 1 heterocycles. The molecule has 0 unspecified atom stereocenters. The van der Waals surface area contributed by atoms with Gasteiger partial charge in [-0.1, -0.05) is 0 Å². The third kappa shape index (κ3) is 1.72. The van der Waals surface area contributed by atoms with E-state index in [1.165, 1.54) is 0 Å². The van der Waals surface area contributed by atoms with Gasteiger partial charge in [-0.3, -0.25) is 9.59 Å². The van der Waals surface area contributed by atoms with Crippen LogP contribution in [0.3, 0.4) is 0 Å². The normalized spacial score (nSPS) is 29.6. The molecule has 0 aliphatic carbocycles. The number of hydrogen-bond acceptors (Lipinski definition) is 4. The van der Waals surface area contributed by atoms with Crippen LogP contribution in [0.25, 0.3) is 0 Å². The number of ether oxygens (including phenoxy) is 1. The number of nitrogens with one attached hydrogen (secondary N) is 1. The number of carbonyl (C=O) groups excluding carboxylic acids is 1. The van der Waals surface area contributed by atoms with Gasteiger partial charge in [0, 0.05) is 6.54 Å². The van der Waals surface area contributed by atoms with E-state index in [0.29, 0.717) is 6.54 Å². The molecular weight excluding hydrogens is 166 g/mol. The Kier molecular flexibility index (Phi) is 2.30. The Hall–Kier alpha value is -1.14. The fraction of sp³-hybridized carbons (Fsp3) is 0.667. The van der Waals surface area contributed by atoms with Gasteiger partial charge in [0.15, 0.2) is 0 Å². The third-order valence-electron chi connectivity index (χ3n) is 1.47. The Labute approximate surface area is 68.1 Å². The van der Waals surface area contributed by atoms with Gasteiger partial charge >= 0.3 is 5.97 Å². The van der Waals surface area contributed by atoms with Crippen LogP contribution in [0.1, 0.15) is 6.42 Å². The van der Waals surface area contributed by atoms with Crippen LogP contribution in [-0.2, 0) is 14.3 Å². The standard InChI is InChI=1S/C6H9NO5/c8-4(9)3-6(11)5(10)7-1-2-12-6/h11H,1-3H2,(H,7,10)(H,8,9)/t6-/m0/s1. The van der Waals surface area contributed by atoms with Crippen molar-refractivity contribution >= 4 is 11.9 Å². The third-order valence-corrected chi connectivity index (χ3v) is 1.47. The average molecular weight is 175 g/mol. The number of carboxylic acids is 1. The van der Waals surface area contributed by atoms with Gasteiger partial charge in [0.1, 0.15) is 6.42 Å². The zero-order valence-corrected chi connectivity index (χ0v) is 6.24. The molecule has 1 saturated heterocycles. The number of carbonyl (C=O) groups is 2. The lowest BCUT2D eigenvalue weighted by molar-refractivity contribution is -0.221. The van der Waals surface area contributed by atoms with E-state index >= 15 is 0 Å². The van der Waals surface area contributed by atoms with Crippen molar-refractivity contribution in [2.75, 3.05) is 13.2 Å². The maximum absolute atomic E-state index is 10.9. The summed E-state index contributed by atoms with van der Waals surface area (Å²) in [6, 6.07) is 0. The Morgan fingerprint density at radius 2 is 2.42 bits per heavy atom. The van der Waals surface area contributed by atoms with Crippen LogP contribution < -0.4 is 5.32 Å². The minimum Gasteiger partial charge on any atom is -0.481 e. The molecule has 0 bridgehead atoms.